The molecule has 0 aliphatic heterocycles. The first kappa shape index (κ1) is 11.0. The molecule has 1 saturated carbocycles. The molecule has 1 fully saturated rings. The van der Waals surface area contributed by atoms with Crippen molar-refractivity contribution in [3.63, 3.8) is 0 Å². The van der Waals surface area contributed by atoms with Crippen LogP contribution in [-0.2, 0) is 14.3 Å². The molecule has 0 saturated heterocycles. The number of esters is 1. The molecular formula is C10H16O4. The van der Waals surface area contributed by atoms with E-state index in [2.05, 4.69) is 0 Å². The number of hydrogen-bond donors (Lipinski definition) is 1. The van der Waals surface area contributed by atoms with Gasteiger partial charge in [-0.15, -0.1) is 0 Å². The number of rotatable bonds is 3. The first-order chi connectivity index (χ1) is 6.65. The Kier molecular flexibility index (Phi) is 3.92. The first-order valence-electron chi connectivity index (χ1n) is 5.04. The van der Waals surface area contributed by atoms with E-state index in [1.54, 1.807) is 6.92 Å². The Morgan fingerprint density at radius 3 is 2.57 bits per heavy atom. The number of carbonyl (C=O) groups is 2. The van der Waals surface area contributed by atoms with Crippen LogP contribution in [0.15, 0.2) is 0 Å². The van der Waals surface area contributed by atoms with Gasteiger partial charge >= 0.3 is 11.9 Å². The minimum absolute atomic E-state index is 0.204. The average molecular weight is 200 g/mol. The van der Waals surface area contributed by atoms with Gasteiger partial charge in [-0.1, -0.05) is 6.42 Å². The molecule has 1 N–H and O–H groups in total. The summed E-state index contributed by atoms with van der Waals surface area (Å²) in [6, 6.07) is 0. The predicted octanol–water partition coefficient (Wildman–Crippen LogP) is 1.44. The van der Waals surface area contributed by atoms with Crippen LogP contribution in [-0.4, -0.2) is 23.7 Å². The van der Waals surface area contributed by atoms with Crippen molar-refractivity contribution in [3.8, 4) is 0 Å². The Morgan fingerprint density at radius 1 is 1.36 bits per heavy atom. The van der Waals surface area contributed by atoms with Gasteiger partial charge in [0.15, 0.2) is 0 Å². The van der Waals surface area contributed by atoms with E-state index < -0.39 is 5.97 Å². The SMILES string of the molecule is CCOC(=O)[C@@H]1CCC[C@H](C(=O)O)C1. The van der Waals surface area contributed by atoms with E-state index in [4.69, 9.17) is 9.84 Å². The lowest BCUT2D eigenvalue weighted by Gasteiger charge is -2.24. The fourth-order valence-corrected chi connectivity index (χ4v) is 1.89. The lowest BCUT2D eigenvalue weighted by molar-refractivity contribution is -0.152. The van der Waals surface area contributed by atoms with Crippen molar-refractivity contribution in [2.45, 2.75) is 32.6 Å². The Labute approximate surface area is 83.2 Å². The predicted molar refractivity (Wildman–Crippen MR) is 49.7 cm³/mol. The molecule has 4 heteroatoms. The lowest BCUT2D eigenvalue weighted by atomic mass is 9.81. The van der Waals surface area contributed by atoms with Crippen molar-refractivity contribution in [2.75, 3.05) is 6.61 Å². The van der Waals surface area contributed by atoms with E-state index >= 15 is 0 Å². The fourth-order valence-electron chi connectivity index (χ4n) is 1.89. The summed E-state index contributed by atoms with van der Waals surface area (Å²) in [7, 11) is 0. The number of carboxylic acid groups (broad SMARTS) is 1. The van der Waals surface area contributed by atoms with Gasteiger partial charge in [0, 0.05) is 0 Å². The molecule has 0 amide bonds. The molecule has 0 radical (unpaired) electrons. The van der Waals surface area contributed by atoms with Crippen molar-refractivity contribution in [1.82, 2.24) is 0 Å². The highest BCUT2D eigenvalue weighted by atomic mass is 16.5. The summed E-state index contributed by atoms with van der Waals surface area (Å²) in [5.41, 5.74) is 0. The maximum Gasteiger partial charge on any atom is 0.308 e. The van der Waals surface area contributed by atoms with E-state index in [1.807, 2.05) is 0 Å². The topological polar surface area (TPSA) is 63.6 Å². The molecule has 4 nitrogen and oxygen atoms in total. The summed E-state index contributed by atoms with van der Waals surface area (Å²) >= 11 is 0. The summed E-state index contributed by atoms with van der Waals surface area (Å²) in [6.45, 7) is 2.13. The van der Waals surface area contributed by atoms with Gasteiger partial charge in [-0.2, -0.15) is 0 Å². The lowest BCUT2D eigenvalue weighted by Crippen LogP contribution is -2.28. The molecule has 0 aromatic rings. The molecule has 14 heavy (non-hydrogen) atoms. The zero-order chi connectivity index (χ0) is 10.6. The van der Waals surface area contributed by atoms with Gasteiger partial charge in [0.25, 0.3) is 0 Å². The van der Waals surface area contributed by atoms with Crippen molar-refractivity contribution < 1.29 is 19.4 Å². The van der Waals surface area contributed by atoms with Crippen LogP contribution in [0.3, 0.4) is 0 Å². The highest BCUT2D eigenvalue weighted by molar-refractivity contribution is 5.75. The molecule has 0 heterocycles. The maximum absolute atomic E-state index is 11.4. The summed E-state index contributed by atoms with van der Waals surface area (Å²) < 4.78 is 4.88. The second kappa shape index (κ2) is 4.98. The molecule has 1 aliphatic rings. The van der Waals surface area contributed by atoms with Crippen LogP contribution in [0, 0.1) is 11.8 Å². The van der Waals surface area contributed by atoms with Crippen molar-refractivity contribution in [3.05, 3.63) is 0 Å². The van der Waals surface area contributed by atoms with E-state index in [0.29, 0.717) is 19.4 Å². The zero-order valence-electron chi connectivity index (χ0n) is 8.36. The molecule has 0 aromatic heterocycles. The van der Waals surface area contributed by atoms with Gasteiger partial charge in [-0.25, -0.2) is 0 Å². The maximum atomic E-state index is 11.4. The Bertz CT molecular complexity index is 224. The van der Waals surface area contributed by atoms with E-state index in [9.17, 15) is 9.59 Å². The van der Waals surface area contributed by atoms with Gasteiger partial charge in [-0.05, 0) is 26.2 Å². The van der Waals surface area contributed by atoms with Crippen molar-refractivity contribution >= 4 is 11.9 Å². The number of aliphatic carboxylic acids is 1. The number of carbonyl (C=O) groups excluding carboxylic acids is 1. The summed E-state index contributed by atoms with van der Waals surface area (Å²) in [4.78, 5) is 22.1. The van der Waals surface area contributed by atoms with Crippen LogP contribution in [0.5, 0.6) is 0 Å². The van der Waals surface area contributed by atoms with Gasteiger partial charge in [0.05, 0.1) is 18.4 Å². The van der Waals surface area contributed by atoms with Crippen LogP contribution in [0.1, 0.15) is 32.6 Å². The fraction of sp³-hybridized carbons (Fsp3) is 0.800. The van der Waals surface area contributed by atoms with Gasteiger partial charge in [-0.3, -0.25) is 9.59 Å². The molecule has 0 spiro atoms. The van der Waals surface area contributed by atoms with Crippen LogP contribution < -0.4 is 0 Å². The van der Waals surface area contributed by atoms with Crippen LogP contribution in [0.25, 0.3) is 0 Å². The third-order valence-electron chi connectivity index (χ3n) is 2.64. The van der Waals surface area contributed by atoms with E-state index in [-0.39, 0.29) is 17.8 Å². The number of hydrogen-bond acceptors (Lipinski definition) is 3. The Hall–Kier alpha value is -1.06. The minimum atomic E-state index is -0.793. The summed E-state index contributed by atoms with van der Waals surface area (Å²) in [6.07, 6.45) is 2.70. The molecule has 80 valence electrons. The largest absolute Gasteiger partial charge is 0.481 e. The third-order valence-corrected chi connectivity index (χ3v) is 2.64. The van der Waals surface area contributed by atoms with Crippen LogP contribution >= 0.6 is 0 Å². The minimum Gasteiger partial charge on any atom is -0.481 e. The van der Waals surface area contributed by atoms with E-state index in [0.717, 1.165) is 12.8 Å². The smallest absolute Gasteiger partial charge is 0.308 e. The third kappa shape index (κ3) is 2.72. The van der Waals surface area contributed by atoms with Crippen LogP contribution in [0.2, 0.25) is 0 Å². The monoisotopic (exact) mass is 200 g/mol. The van der Waals surface area contributed by atoms with Gasteiger partial charge in [0.1, 0.15) is 0 Å². The average Bonchev–Trinajstić information content (AvgIpc) is 2.18. The zero-order valence-corrected chi connectivity index (χ0v) is 8.36. The summed E-state index contributed by atoms with van der Waals surface area (Å²) in [5, 5.41) is 8.82. The Balaban J connectivity index is 2.47. The quantitative estimate of drug-likeness (QED) is 0.700. The molecule has 0 aromatic carbocycles. The summed E-state index contributed by atoms with van der Waals surface area (Å²) in [5.74, 6) is -1.60. The highest BCUT2D eigenvalue weighted by Gasteiger charge is 2.31. The number of ether oxygens (including phenoxy) is 1. The molecule has 1 rings (SSSR count). The highest BCUT2D eigenvalue weighted by Crippen LogP contribution is 2.29. The standard InChI is InChI=1S/C10H16O4/c1-2-14-10(13)8-5-3-4-7(6-8)9(11)12/h7-8H,2-6H2,1H3,(H,11,12)/t7-,8+/m0/s1. The number of carboxylic acids is 1. The molecule has 1 aliphatic carbocycles. The molecule has 0 unspecified atom stereocenters. The van der Waals surface area contributed by atoms with Gasteiger partial charge in [0.2, 0.25) is 0 Å². The van der Waals surface area contributed by atoms with E-state index in [1.165, 1.54) is 0 Å². The van der Waals surface area contributed by atoms with Crippen molar-refractivity contribution in [2.24, 2.45) is 11.8 Å². The normalized spacial score (nSPS) is 26.9. The van der Waals surface area contributed by atoms with Crippen LogP contribution in [0.4, 0.5) is 0 Å². The van der Waals surface area contributed by atoms with Crippen molar-refractivity contribution in [1.29, 1.82) is 0 Å². The van der Waals surface area contributed by atoms with Gasteiger partial charge < -0.3 is 9.84 Å². The molecule has 2 atom stereocenters. The molecule has 0 bridgehead atoms. The Morgan fingerprint density at radius 2 is 2.00 bits per heavy atom. The second-order valence-corrected chi connectivity index (χ2v) is 3.65. The molecular weight excluding hydrogens is 184 g/mol. The second-order valence-electron chi connectivity index (χ2n) is 3.65. The first-order valence-corrected chi connectivity index (χ1v) is 5.04.